The Kier molecular flexibility index (Phi) is 2.23. The third kappa shape index (κ3) is 1.69. The third-order valence-electron chi connectivity index (χ3n) is 1.48. The molecule has 1 rings (SSSR count). The molecule has 0 bridgehead atoms. The molecule has 5 nitrogen and oxygen atoms in total. The molecule has 0 amide bonds. The van der Waals surface area contributed by atoms with Crippen molar-refractivity contribution in [2.45, 2.75) is 0 Å². The number of carbonyl (C=O) groups is 2. The van der Waals surface area contributed by atoms with Gasteiger partial charge in [0.05, 0.1) is 18.0 Å². The van der Waals surface area contributed by atoms with Crippen LogP contribution < -0.4 is 0 Å². The van der Waals surface area contributed by atoms with Gasteiger partial charge in [0.15, 0.2) is 0 Å². The molecular formula is C7H7NO4. The SMILES string of the molecule is O=C(O)C1=CC(C(=O)O)CN=C1. The predicted molar refractivity (Wildman–Crippen MR) is 40.2 cm³/mol. The van der Waals surface area contributed by atoms with Gasteiger partial charge in [0.1, 0.15) is 0 Å². The van der Waals surface area contributed by atoms with Crippen molar-refractivity contribution in [2.75, 3.05) is 6.54 Å². The summed E-state index contributed by atoms with van der Waals surface area (Å²) >= 11 is 0. The minimum Gasteiger partial charge on any atom is -0.481 e. The highest BCUT2D eigenvalue weighted by Gasteiger charge is 2.19. The summed E-state index contributed by atoms with van der Waals surface area (Å²) in [6.45, 7) is 0.117. The van der Waals surface area contributed by atoms with E-state index in [0.29, 0.717) is 0 Å². The number of hydrogen-bond donors (Lipinski definition) is 2. The first-order valence-corrected chi connectivity index (χ1v) is 3.29. The van der Waals surface area contributed by atoms with Crippen LogP contribution in [0.4, 0.5) is 0 Å². The lowest BCUT2D eigenvalue weighted by atomic mass is 10.0. The van der Waals surface area contributed by atoms with Gasteiger partial charge >= 0.3 is 11.9 Å². The van der Waals surface area contributed by atoms with E-state index < -0.39 is 17.9 Å². The first kappa shape index (κ1) is 8.45. The van der Waals surface area contributed by atoms with Gasteiger partial charge in [-0.2, -0.15) is 0 Å². The number of rotatable bonds is 2. The molecule has 12 heavy (non-hydrogen) atoms. The molecule has 0 saturated carbocycles. The Labute approximate surface area is 68.0 Å². The highest BCUT2D eigenvalue weighted by Crippen LogP contribution is 2.09. The predicted octanol–water partition coefficient (Wildman–Crippen LogP) is -0.217. The maximum atomic E-state index is 10.4. The molecule has 0 aromatic heterocycles. The summed E-state index contributed by atoms with van der Waals surface area (Å²) in [7, 11) is 0. The van der Waals surface area contributed by atoms with Crippen molar-refractivity contribution in [3.05, 3.63) is 11.6 Å². The number of carboxylic acids is 2. The minimum atomic E-state index is -1.15. The standard InChI is InChI=1S/C7H7NO4/c9-6(10)4-1-5(7(11)12)3-8-2-4/h1-2,5H,3H2,(H,9,10)(H,11,12). The lowest BCUT2D eigenvalue weighted by Gasteiger charge is -2.08. The van der Waals surface area contributed by atoms with Crippen LogP contribution in [0.25, 0.3) is 0 Å². The van der Waals surface area contributed by atoms with Gasteiger partial charge < -0.3 is 10.2 Å². The Bertz CT molecular complexity index is 279. The average Bonchev–Trinajstić information content (AvgIpc) is 2.04. The summed E-state index contributed by atoms with van der Waals surface area (Å²) < 4.78 is 0. The maximum Gasteiger partial charge on any atom is 0.336 e. The summed E-state index contributed by atoms with van der Waals surface area (Å²) in [5.41, 5.74) is -0.0614. The van der Waals surface area contributed by atoms with Gasteiger partial charge in [-0.05, 0) is 0 Å². The number of dihydropyridines is 1. The molecule has 5 heteroatoms. The van der Waals surface area contributed by atoms with E-state index in [2.05, 4.69) is 4.99 Å². The van der Waals surface area contributed by atoms with Crippen molar-refractivity contribution in [1.29, 1.82) is 0 Å². The van der Waals surface area contributed by atoms with Crippen LogP contribution in [0.3, 0.4) is 0 Å². The number of hydrogen-bond acceptors (Lipinski definition) is 3. The number of nitrogens with zero attached hydrogens (tertiary/aromatic N) is 1. The normalized spacial score (nSPS) is 21.7. The maximum absolute atomic E-state index is 10.4. The fraction of sp³-hybridized carbons (Fsp3) is 0.286. The fourth-order valence-electron chi connectivity index (χ4n) is 0.853. The molecule has 1 aliphatic rings. The second-order valence-corrected chi connectivity index (χ2v) is 2.37. The lowest BCUT2D eigenvalue weighted by Crippen LogP contribution is -2.20. The summed E-state index contributed by atoms with van der Waals surface area (Å²) in [5.74, 6) is -3.00. The summed E-state index contributed by atoms with van der Waals surface area (Å²) in [6.07, 6.45) is 2.36. The molecule has 2 N–H and O–H groups in total. The monoisotopic (exact) mass is 169 g/mol. The van der Waals surface area contributed by atoms with E-state index in [9.17, 15) is 9.59 Å². The second kappa shape index (κ2) is 3.17. The van der Waals surface area contributed by atoms with Crippen LogP contribution in [-0.2, 0) is 9.59 Å². The largest absolute Gasteiger partial charge is 0.481 e. The lowest BCUT2D eigenvalue weighted by molar-refractivity contribution is -0.139. The van der Waals surface area contributed by atoms with Crippen LogP contribution in [0.2, 0.25) is 0 Å². The Morgan fingerprint density at radius 2 is 2.17 bits per heavy atom. The van der Waals surface area contributed by atoms with Gasteiger partial charge in [0.25, 0.3) is 0 Å². The smallest absolute Gasteiger partial charge is 0.336 e. The Hall–Kier alpha value is -1.65. The fourth-order valence-corrected chi connectivity index (χ4v) is 0.853. The van der Waals surface area contributed by atoms with Crippen LogP contribution in [0.15, 0.2) is 16.6 Å². The zero-order valence-electron chi connectivity index (χ0n) is 6.10. The van der Waals surface area contributed by atoms with Gasteiger partial charge in [-0.1, -0.05) is 6.08 Å². The molecule has 0 radical (unpaired) electrons. The third-order valence-corrected chi connectivity index (χ3v) is 1.48. The molecule has 1 heterocycles. The highest BCUT2D eigenvalue weighted by atomic mass is 16.4. The second-order valence-electron chi connectivity index (χ2n) is 2.37. The van der Waals surface area contributed by atoms with Gasteiger partial charge in [-0.15, -0.1) is 0 Å². The number of aliphatic imine (C=N–C) groups is 1. The zero-order chi connectivity index (χ0) is 9.14. The zero-order valence-corrected chi connectivity index (χ0v) is 6.10. The van der Waals surface area contributed by atoms with Gasteiger partial charge in [-0.3, -0.25) is 9.79 Å². The van der Waals surface area contributed by atoms with E-state index >= 15 is 0 Å². The highest BCUT2D eigenvalue weighted by molar-refractivity contribution is 6.09. The van der Waals surface area contributed by atoms with Crippen molar-refractivity contribution in [3.8, 4) is 0 Å². The molecule has 0 aromatic rings. The van der Waals surface area contributed by atoms with E-state index in [0.717, 1.165) is 0 Å². The van der Waals surface area contributed by atoms with E-state index in [1.165, 1.54) is 12.3 Å². The van der Waals surface area contributed by atoms with Gasteiger partial charge in [0, 0.05) is 6.21 Å². The molecule has 0 aromatic carbocycles. The number of aliphatic carboxylic acids is 2. The first-order chi connectivity index (χ1) is 5.61. The molecule has 0 aliphatic carbocycles. The van der Waals surface area contributed by atoms with Gasteiger partial charge in [0.2, 0.25) is 0 Å². The Morgan fingerprint density at radius 1 is 1.50 bits per heavy atom. The summed E-state index contributed by atoms with van der Waals surface area (Å²) in [5, 5.41) is 17.0. The van der Waals surface area contributed by atoms with Crippen molar-refractivity contribution in [2.24, 2.45) is 10.9 Å². The molecule has 0 fully saturated rings. The topological polar surface area (TPSA) is 87.0 Å². The molecule has 1 aliphatic heterocycles. The molecular weight excluding hydrogens is 162 g/mol. The van der Waals surface area contributed by atoms with Crippen molar-refractivity contribution in [1.82, 2.24) is 0 Å². The Morgan fingerprint density at radius 3 is 2.67 bits per heavy atom. The van der Waals surface area contributed by atoms with Crippen molar-refractivity contribution in [3.63, 3.8) is 0 Å². The average molecular weight is 169 g/mol. The van der Waals surface area contributed by atoms with E-state index in [1.54, 1.807) is 0 Å². The minimum absolute atomic E-state index is 0.0614. The summed E-state index contributed by atoms with van der Waals surface area (Å²) in [6, 6.07) is 0. The number of carboxylic acid groups (broad SMARTS) is 2. The van der Waals surface area contributed by atoms with E-state index in [4.69, 9.17) is 10.2 Å². The quantitative estimate of drug-likeness (QED) is 0.598. The van der Waals surface area contributed by atoms with Crippen molar-refractivity contribution < 1.29 is 19.8 Å². The van der Waals surface area contributed by atoms with Crippen molar-refractivity contribution >= 4 is 18.2 Å². The van der Waals surface area contributed by atoms with E-state index in [-0.39, 0.29) is 12.1 Å². The van der Waals surface area contributed by atoms with Gasteiger partial charge in [-0.25, -0.2) is 4.79 Å². The van der Waals surface area contributed by atoms with Crippen LogP contribution in [-0.4, -0.2) is 34.9 Å². The van der Waals surface area contributed by atoms with Crippen LogP contribution in [0.5, 0.6) is 0 Å². The molecule has 1 unspecified atom stereocenters. The molecule has 0 saturated heterocycles. The Balaban J connectivity index is 2.82. The van der Waals surface area contributed by atoms with Crippen LogP contribution >= 0.6 is 0 Å². The first-order valence-electron chi connectivity index (χ1n) is 3.29. The molecule has 1 atom stereocenters. The van der Waals surface area contributed by atoms with Crippen LogP contribution in [0.1, 0.15) is 0 Å². The molecule has 64 valence electrons. The van der Waals surface area contributed by atoms with E-state index in [1.807, 2.05) is 0 Å². The summed E-state index contributed by atoms with van der Waals surface area (Å²) in [4.78, 5) is 24.4. The van der Waals surface area contributed by atoms with Crippen LogP contribution in [0, 0.1) is 5.92 Å². The molecule has 0 spiro atoms.